The third-order valence-corrected chi connectivity index (χ3v) is 3.84. The van der Waals surface area contributed by atoms with E-state index in [0.29, 0.717) is 16.8 Å². The SMILES string of the molecule is Cc1cc(O)c2nc(/C=C/c3cn(C)c(=O)n(C)c3=O)ccc2c1. The van der Waals surface area contributed by atoms with Gasteiger partial charge in [-0.2, -0.15) is 0 Å². The number of aryl methyl sites for hydroxylation is 2. The van der Waals surface area contributed by atoms with Crippen molar-refractivity contribution >= 4 is 23.1 Å². The lowest BCUT2D eigenvalue weighted by Gasteiger charge is -2.04. The zero-order valence-electron chi connectivity index (χ0n) is 13.6. The second kappa shape index (κ2) is 5.81. The Morgan fingerprint density at radius 3 is 2.62 bits per heavy atom. The number of benzene rings is 1. The van der Waals surface area contributed by atoms with E-state index >= 15 is 0 Å². The maximum Gasteiger partial charge on any atom is 0.330 e. The molecule has 6 heteroatoms. The maximum atomic E-state index is 12.1. The molecule has 24 heavy (non-hydrogen) atoms. The smallest absolute Gasteiger partial charge is 0.330 e. The van der Waals surface area contributed by atoms with E-state index in [1.165, 1.54) is 17.8 Å². The average Bonchev–Trinajstić information content (AvgIpc) is 2.55. The summed E-state index contributed by atoms with van der Waals surface area (Å²) in [5.74, 6) is 0.123. The average molecular weight is 323 g/mol. The quantitative estimate of drug-likeness (QED) is 0.780. The molecule has 2 aromatic heterocycles. The molecule has 0 unspecified atom stereocenters. The number of nitrogens with zero attached hydrogens (tertiary/aromatic N) is 3. The Morgan fingerprint density at radius 1 is 1.12 bits per heavy atom. The minimum atomic E-state index is -0.374. The summed E-state index contributed by atoms with van der Waals surface area (Å²) in [7, 11) is 3.03. The molecule has 2 heterocycles. The largest absolute Gasteiger partial charge is 0.506 e. The van der Waals surface area contributed by atoms with Crippen LogP contribution in [0, 0.1) is 6.92 Å². The summed E-state index contributed by atoms with van der Waals surface area (Å²) < 4.78 is 2.41. The number of aromatic hydroxyl groups is 1. The van der Waals surface area contributed by atoms with Crippen molar-refractivity contribution in [3.05, 3.63) is 68.1 Å². The predicted molar refractivity (Wildman–Crippen MR) is 94.0 cm³/mol. The molecule has 0 radical (unpaired) electrons. The predicted octanol–water partition coefficient (Wildman–Crippen LogP) is 1.82. The van der Waals surface area contributed by atoms with Crippen molar-refractivity contribution < 1.29 is 5.11 Å². The molecule has 0 saturated heterocycles. The Bertz CT molecular complexity index is 1090. The first kappa shape index (κ1) is 15.7. The van der Waals surface area contributed by atoms with Crippen LogP contribution in [0.4, 0.5) is 0 Å². The molecular formula is C18H17N3O3. The van der Waals surface area contributed by atoms with Gasteiger partial charge >= 0.3 is 5.69 Å². The molecule has 0 amide bonds. The van der Waals surface area contributed by atoms with Crippen LogP contribution in [0.1, 0.15) is 16.8 Å². The summed E-state index contributed by atoms with van der Waals surface area (Å²) in [6.07, 6.45) is 4.78. The van der Waals surface area contributed by atoms with Crippen LogP contribution in [-0.4, -0.2) is 19.2 Å². The van der Waals surface area contributed by atoms with Gasteiger partial charge in [0.1, 0.15) is 11.3 Å². The first-order valence-electron chi connectivity index (χ1n) is 7.42. The lowest BCUT2D eigenvalue weighted by Crippen LogP contribution is -2.37. The molecule has 122 valence electrons. The molecule has 3 aromatic rings. The fraction of sp³-hybridized carbons (Fsp3) is 0.167. The van der Waals surface area contributed by atoms with Crippen LogP contribution >= 0.6 is 0 Å². The van der Waals surface area contributed by atoms with E-state index in [4.69, 9.17) is 0 Å². The Kier molecular flexibility index (Phi) is 3.81. The molecule has 3 rings (SSSR count). The number of phenols is 1. The standard InChI is InChI=1S/C18H17N3O3/c1-11-8-12-4-6-14(19-16(12)15(22)9-11)7-5-13-10-20(2)18(24)21(3)17(13)23/h4-10,22H,1-3H3/b7-5+. The molecule has 0 aliphatic carbocycles. The van der Waals surface area contributed by atoms with Gasteiger partial charge in [-0.25, -0.2) is 9.78 Å². The van der Waals surface area contributed by atoms with Crippen molar-refractivity contribution in [2.24, 2.45) is 14.1 Å². The highest BCUT2D eigenvalue weighted by Crippen LogP contribution is 2.25. The minimum Gasteiger partial charge on any atom is -0.506 e. The summed E-state index contributed by atoms with van der Waals surface area (Å²) in [6, 6.07) is 7.28. The van der Waals surface area contributed by atoms with E-state index in [9.17, 15) is 14.7 Å². The third kappa shape index (κ3) is 2.74. The molecule has 6 nitrogen and oxygen atoms in total. The first-order valence-corrected chi connectivity index (χ1v) is 7.42. The highest BCUT2D eigenvalue weighted by molar-refractivity contribution is 5.86. The summed E-state index contributed by atoms with van der Waals surface area (Å²) >= 11 is 0. The molecule has 0 bridgehead atoms. The van der Waals surface area contributed by atoms with Gasteiger partial charge in [0.05, 0.1) is 11.3 Å². The fourth-order valence-electron chi connectivity index (χ4n) is 2.60. The van der Waals surface area contributed by atoms with Crippen LogP contribution in [0.15, 0.2) is 40.1 Å². The van der Waals surface area contributed by atoms with Crippen LogP contribution < -0.4 is 11.2 Å². The molecule has 0 aliphatic heterocycles. The van der Waals surface area contributed by atoms with Gasteiger partial charge in [0.2, 0.25) is 0 Å². The van der Waals surface area contributed by atoms with Crippen molar-refractivity contribution in [1.29, 1.82) is 0 Å². The molecular weight excluding hydrogens is 306 g/mol. The number of rotatable bonds is 2. The van der Waals surface area contributed by atoms with E-state index < -0.39 is 0 Å². The summed E-state index contributed by atoms with van der Waals surface area (Å²) in [6.45, 7) is 1.91. The zero-order valence-corrected chi connectivity index (χ0v) is 13.6. The van der Waals surface area contributed by atoms with Gasteiger partial charge in [0.25, 0.3) is 5.56 Å². The van der Waals surface area contributed by atoms with E-state index in [-0.39, 0.29) is 17.0 Å². The number of hydrogen-bond acceptors (Lipinski definition) is 4. The van der Waals surface area contributed by atoms with E-state index in [2.05, 4.69) is 4.98 Å². The Labute approximate surface area is 138 Å². The van der Waals surface area contributed by atoms with Crippen molar-refractivity contribution in [2.45, 2.75) is 6.92 Å². The van der Waals surface area contributed by atoms with E-state index in [1.54, 1.807) is 25.3 Å². The number of phenolic OH excluding ortho intramolecular Hbond substituents is 1. The fourth-order valence-corrected chi connectivity index (χ4v) is 2.60. The summed E-state index contributed by atoms with van der Waals surface area (Å²) in [4.78, 5) is 28.2. The van der Waals surface area contributed by atoms with Crippen LogP contribution in [0.3, 0.4) is 0 Å². The second-order valence-electron chi connectivity index (χ2n) is 5.77. The van der Waals surface area contributed by atoms with Gasteiger partial charge in [0.15, 0.2) is 0 Å². The molecule has 0 aliphatic rings. The van der Waals surface area contributed by atoms with Crippen molar-refractivity contribution in [1.82, 2.24) is 14.1 Å². The minimum absolute atomic E-state index is 0.123. The highest BCUT2D eigenvalue weighted by atomic mass is 16.3. The molecule has 1 aromatic carbocycles. The van der Waals surface area contributed by atoms with E-state index in [0.717, 1.165) is 15.5 Å². The van der Waals surface area contributed by atoms with Crippen LogP contribution in [0.5, 0.6) is 5.75 Å². The number of hydrogen-bond donors (Lipinski definition) is 1. The summed E-state index contributed by atoms with van der Waals surface area (Å²) in [5.41, 5.74) is 1.72. The third-order valence-electron chi connectivity index (χ3n) is 3.84. The van der Waals surface area contributed by atoms with Gasteiger partial charge < -0.3 is 9.67 Å². The molecule has 0 atom stereocenters. The molecule has 0 saturated carbocycles. The first-order chi connectivity index (χ1) is 11.4. The second-order valence-corrected chi connectivity index (χ2v) is 5.77. The topological polar surface area (TPSA) is 77.1 Å². The Hall–Kier alpha value is -3.15. The Balaban J connectivity index is 2.06. The normalized spacial score (nSPS) is 11.5. The zero-order chi connectivity index (χ0) is 17.4. The van der Waals surface area contributed by atoms with Crippen LogP contribution in [-0.2, 0) is 14.1 Å². The number of pyridine rings is 1. The van der Waals surface area contributed by atoms with Crippen molar-refractivity contribution in [2.75, 3.05) is 0 Å². The molecule has 0 spiro atoms. The number of fused-ring (bicyclic) bond motifs is 1. The van der Waals surface area contributed by atoms with Gasteiger partial charge in [-0.15, -0.1) is 0 Å². The Morgan fingerprint density at radius 2 is 1.88 bits per heavy atom. The van der Waals surface area contributed by atoms with E-state index in [1.807, 2.05) is 25.1 Å². The monoisotopic (exact) mass is 323 g/mol. The molecule has 1 N–H and O–H groups in total. The van der Waals surface area contributed by atoms with Gasteiger partial charge in [-0.1, -0.05) is 6.07 Å². The van der Waals surface area contributed by atoms with Crippen molar-refractivity contribution in [3.63, 3.8) is 0 Å². The highest BCUT2D eigenvalue weighted by Gasteiger charge is 2.05. The number of aromatic nitrogens is 3. The van der Waals surface area contributed by atoms with Gasteiger partial charge in [0, 0.05) is 25.7 Å². The molecule has 0 fully saturated rings. The maximum absolute atomic E-state index is 12.1. The van der Waals surface area contributed by atoms with Crippen molar-refractivity contribution in [3.8, 4) is 5.75 Å². The van der Waals surface area contributed by atoms with Gasteiger partial charge in [-0.3, -0.25) is 9.36 Å². The lowest BCUT2D eigenvalue weighted by molar-refractivity contribution is 0.480. The van der Waals surface area contributed by atoms with Crippen LogP contribution in [0.2, 0.25) is 0 Å². The van der Waals surface area contributed by atoms with Crippen LogP contribution in [0.25, 0.3) is 23.1 Å². The van der Waals surface area contributed by atoms with Gasteiger partial charge in [-0.05, 0) is 42.8 Å². The lowest BCUT2D eigenvalue weighted by atomic mass is 10.1. The summed E-state index contributed by atoms with van der Waals surface area (Å²) in [5, 5.41) is 10.9.